The normalized spacial score (nSPS) is 12.9. The van der Waals surface area contributed by atoms with E-state index >= 15 is 0 Å². The number of nitrogens with two attached hydrogens (primary N) is 1. The molecule has 0 saturated heterocycles. The lowest BCUT2D eigenvalue weighted by atomic mass is 10.3. The molecule has 0 spiro atoms. The first-order valence-corrected chi connectivity index (χ1v) is 4.52. The smallest absolute Gasteiger partial charge is 0.142 e. The van der Waals surface area contributed by atoms with Gasteiger partial charge < -0.3 is 16.2 Å². The molecule has 0 aliphatic rings. The van der Waals surface area contributed by atoms with E-state index in [1.165, 1.54) is 11.5 Å². The topological polar surface area (TPSA) is 71.2 Å². The molecular weight excluding hydrogens is 174 g/mol. The van der Waals surface area contributed by atoms with Gasteiger partial charge in [0.05, 0.1) is 6.10 Å². The molecule has 0 fully saturated rings. The lowest BCUT2D eigenvalue weighted by molar-refractivity contribution is 0.208. The van der Waals surface area contributed by atoms with Crippen molar-refractivity contribution in [2.24, 2.45) is 0 Å². The van der Waals surface area contributed by atoms with Gasteiger partial charge in [0, 0.05) is 12.1 Å². The van der Waals surface area contributed by atoms with Crippen LogP contribution in [0.1, 0.15) is 12.5 Å². The van der Waals surface area contributed by atoms with Crippen molar-refractivity contribution < 1.29 is 5.11 Å². The highest BCUT2D eigenvalue weighted by molar-refractivity contribution is 7.10. The van der Waals surface area contributed by atoms with Gasteiger partial charge in [-0.25, -0.2) is 0 Å². The molecule has 1 heterocycles. The predicted octanol–water partition coefficient (Wildman–Crippen LogP) is 0.826. The van der Waals surface area contributed by atoms with E-state index in [2.05, 4.69) is 9.69 Å². The Morgan fingerprint density at radius 1 is 1.75 bits per heavy atom. The maximum Gasteiger partial charge on any atom is 0.142 e. The Morgan fingerprint density at radius 3 is 2.83 bits per heavy atom. The van der Waals surface area contributed by atoms with Crippen LogP contribution in [0.25, 0.3) is 0 Å². The monoisotopic (exact) mass is 187 g/mol. The van der Waals surface area contributed by atoms with Crippen molar-refractivity contribution in [1.29, 1.82) is 0 Å². The first-order valence-electron chi connectivity index (χ1n) is 3.75. The molecule has 0 aromatic carbocycles. The number of rotatable bonds is 3. The second kappa shape index (κ2) is 3.73. The van der Waals surface area contributed by atoms with Crippen LogP contribution in [0.15, 0.2) is 0 Å². The lowest BCUT2D eigenvalue weighted by Crippen LogP contribution is -2.15. The first kappa shape index (κ1) is 9.28. The van der Waals surface area contributed by atoms with Crippen molar-refractivity contribution in [3.05, 3.63) is 5.56 Å². The van der Waals surface area contributed by atoms with Crippen LogP contribution in [0, 0.1) is 6.92 Å². The van der Waals surface area contributed by atoms with Crippen molar-refractivity contribution in [2.75, 3.05) is 17.6 Å². The van der Waals surface area contributed by atoms with Gasteiger partial charge >= 0.3 is 0 Å². The summed E-state index contributed by atoms with van der Waals surface area (Å²) in [6, 6.07) is 0. The second-order valence-electron chi connectivity index (χ2n) is 2.75. The Balaban J connectivity index is 2.58. The van der Waals surface area contributed by atoms with Crippen LogP contribution in [0.2, 0.25) is 0 Å². The van der Waals surface area contributed by atoms with Gasteiger partial charge in [-0.15, -0.1) is 0 Å². The Labute approximate surface area is 75.6 Å². The fourth-order valence-electron chi connectivity index (χ4n) is 0.753. The van der Waals surface area contributed by atoms with E-state index in [0.29, 0.717) is 12.4 Å². The molecule has 0 aliphatic carbocycles. The van der Waals surface area contributed by atoms with Crippen LogP contribution < -0.4 is 11.1 Å². The van der Waals surface area contributed by atoms with Crippen LogP contribution in [0.5, 0.6) is 0 Å². The zero-order chi connectivity index (χ0) is 9.14. The largest absolute Gasteiger partial charge is 0.392 e. The van der Waals surface area contributed by atoms with Crippen molar-refractivity contribution >= 4 is 22.4 Å². The average Bonchev–Trinajstić information content (AvgIpc) is 2.30. The second-order valence-corrected chi connectivity index (χ2v) is 3.53. The SMILES string of the molecule is Cc1c(N)nsc1NCC(C)O. The lowest BCUT2D eigenvalue weighted by Gasteiger charge is -2.05. The van der Waals surface area contributed by atoms with Crippen LogP contribution in [0.4, 0.5) is 10.8 Å². The van der Waals surface area contributed by atoms with E-state index in [0.717, 1.165) is 10.6 Å². The third-order valence-electron chi connectivity index (χ3n) is 1.52. The van der Waals surface area contributed by atoms with E-state index < -0.39 is 0 Å². The van der Waals surface area contributed by atoms with E-state index in [1.54, 1.807) is 6.92 Å². The van der Waals surface area contributed by atoms with Crippen LogP contribution >= 0.6 is 11.5 Å². The molecule has 68 valence electrons. The minimum absolute atomic E-state index is 0.354. The van der Waals surface area contributed by atoms with Gasteiger partial charge in [-0.2, -0.15) is 4.37 Å². The third kappa shape index (κ3) is 2.09. The Hall–Kier alpha value is -0.810. The Morgan fingerprint density at radius 2 is 2.42 bits per heavy atom. The molecule has 0 radical (unpaired) electrons. The molecule has 0 aliphatic heterocycles. The number of aliphatic hydroxyl groups is 1. The quantitative estimate of drug-likeness (QED) is 0.655. The number of hydrogen-bond donors (Lipinski definition) is 3. The fraction of sp³-hybridized carbons (Fsp3) is 0.571. The van der Waals surface area contributed by atoms with Crippen molar-refractivity contribution in [1.82, 2.24) is 4.37 Å². The standard InChI is InChI=1S/C7H13N3OS/c1-4(11)3-9-7-5(2)6(8)10-12-7/h4,9,11H,3H2,1-2H3,(H2,8,10). The van der Waals surface area contributed by atoms with Crippen molar-refractivity contribution in [3.8, 4) is 0 Å². The Bertz CT molecular complexity index is 259. The van der Waals surface area contributed by atoms with E-state index in [1.807, 2.05) is 6.92 Å². The minimum atomic E-state index is -0.354. The summed E-state index contributed by atoms with van der Waals surface area (Å²) in [6.45, 7) is 4.17. The highest BCUT2D eigenvalue weighted by Crippen LogP contribution is 2.24. The van der Waals surface area contributed by atoms with Gasteiger partial charge in [0.15, 0.2) is 0 Å². The van der Waals surface area contributed by atoms with Gasteiger partial charge in [0.2, 0.25) is 0 Å². The molecule has 1 aromatic rings. The van der Waals surface area contributed by atoms with Gasteiger partial charge in [-0.1, -0.05) is 0 Å². The summed E-state index contributed by atoms with van der Waals surface area (Å²) >= 11 is 1.32. The highest BCUT2D eigenvalue weighted by Gasteiger charge is 2.06. The van der Waals surface area contributed by atoms with Crippen LogP contribution in [0.3, 0.4) is 0 Å². The first-order chi connectivity index (χ1) is 5.61. The predicted molar refractivity (Wildman–Crippen MR) is 51.4 cm³/mol. The van der Waals surface area contributed by atoms with Gasteiger partial charge in [0.25, 0.3) is 0 Å². The van der Waals surface area contributed by atoms with Crippen LogP contribution in [-0.2, 0) is 0 Å². The summed E-state index contributed by atoms with van der Waals surface area (Å²) in [4.78, 5) is 0. The molecule has 0 amide bonds. The number of hydrogen-bond acceptors (Lipinski definition) is 5. The minimum Gasteiger partial charge on any atom is -0.392 e. The number of nitrogens with zero attached hydrogens (tertiary/aromatic N) is 1. The summed E-state index contributed by atoms with van der Waals surface area (Å²) in [6.07, 6.45) is -0.354. The molecule has 1 rings (SSSR count). The average molecular weight is 187 g/mol. The summed E-state index contributed by atoms with van der Waals surface area (Å²) in [5.41, 5.74) is 6.50. The fourth-order valence-corrected chi connectivity index (χ4v) is 1.47. The van der Waals surface area contributed by atoms with Crippen molar-refractivity contribution in [2.45, 2.75) is 20.0 Å². The molecular formula is C7H13N3OS. The van der Waals surface area contributed by atoms with E-state index in [-0.39, 0.29) is 6.10 Å². The molecule has 1 atom stereocenters. The number of aromatic nitrogens is 1. The molecule has 4 nitrogen and oxygen atoms in total. The molecule has 4 N–H and O–H groups in total. The van der Waals surface area contributed by atoms with Gasteiger partial charge in [0.1, 0.15) is 10.8 Å². The number of aliphatic hydroxyl groups excluding tert-OH is 1. The third-order valence-corrected chi connectivity index (χ3v) is 2.44. The van der Waals surface area contributed by atoms with E-state index in [4.69, 9.17) is 10.8 Å². The van der Waals surface area contributed by atoms with Crippen LogP contribution in [-0.4, -0.2) is 22.1 Å². The van der Waals surface area contributed by atoms with E-state index in [9.17, 15) is 0 Å². The molecule has 0 bridgehead atoms. The molecule has 0 saturated carbocycles. The zero-order valence-electron chi connectivity index (χ0n) is 7.16. The summed E-state index contributed by atoms with van der Waals surface area (Å²) in [5.74, 6) is 0.563. The maximum atomic E-state index is 9.00. The Kier molecular flexibility index (Phi) is 2.88. The molecule has 1 unspecified atom stereocenters. The summed E-state index contributed by atoms with van der Waals surface area (Å²) in [5, 5.41) is 13.0. The van der Waals surface area contributed by atoms with Gasteiger partial charge in [-0.05, 0) is 25.4 Å². The summed E-state index contributed by atoms with van der Waals surface area (Å²) in [7, 11) is 0. The maximum absolute atomic E-state index is 9.00. The molecule has 12 heavy (non-hydrogen) atoms. The molecule has 5 heteroatoms. The van der Waals surface area contributed by atoms with Crippen molar-refractivity contribution in [3.63, 3.8) is 0 Å². The zero-order valence-corrected chi connectivity index (χ0v) is 7.98. The number of anilines is 2. The highest BCUT2D eigenvalue weighted by atomic mass is 32.1. The van der Waals surface area contributed by atoms with Gasteiger partial charge in [-0.3, -0.25) is 0 Å². The number of nitrogens with one attached hydrogen (secondary N) is 1. The number of nitrogen functional groups attached to an aromatic ring is 1. The molecule has 1 aromatic heterocycles. The summed E-state index contributed by atoms with van der Waals surface area (Å²) < 4.78 is 3.97.